The first kappa shape index (κ1) is 30.1. The monoisotopic (exact) mass is 580 g/mol. The van der Waals surface area contributed by atoms with E-state index in [1.165, 1.54) is 18.4 Å². The first-order valence-corrected chi connectivity index (χ1v) is 14.5. The van der Waals surface area contributed by atoms with Crippen molar-refractivity contribution < 1.29 is 28.5 Å². The van der Waals surface area contributed by atoms with Gasteiger partial charge in [0.1, 0.15) is 18.4 Å². The van der Waals surface area contributed by atoms with Crippen LogP contribution in [-0.4, -0.2) is 51.2 Å². The van der Waals surface area contributed by atoms with Crippen LogP contribution in [0.4, 0.5) is 0 Å². The van der Waals surface area contributed by atoms with Gasteiger partial charge in [-0.15, -0.1) is 0 Å². The lowest BCUT2D eigenvalue weighted by molar-refractivity contribution is -0.140. The van der Waals surface area contributed by atoms with E-state index in [9.17, 15) is 9.59 Å². The molecule has 0 aliphatic carbocycles. The number of thiazole rings is 1. The highest BCUT2D eigenvalue weighted by Gasteiger charge is 2.35. The number of rotatable bonds is 13. The number of aromatic nitrogens is 1. The second-order valence-corrected chi connectivity index (χ2v) is 10.3. The molecule has 0 fully saturated rings. The van der Waals surface area contributed by atoms with Crippen LogP contribution in [0.3, 0.4) is 0 Å². The highest BCUT2D eigenvalue weighted by Crippen LogP contribution is 2.36. The summed E-state index contributed by atoms with van der Waals surface area (Å²) in [6.45, 7) is 7.12. The lowest BCUT2D eigenvalue weighted by Gasteiger charge is -2.26. The van der Waals surface area contributed by atoms with Gasteiger partial charge in [-0.25, -0.2) is 9.79 Å². The number of fused-ring (bicyclic) bond motifs is 1. The summed E-state index contributed by atoms with van der Waals surface area (Å²) in [6.07, 6.45) is 3.41. The summed E-state index contributed by atoms with van der Waals surface area (Å²) >= 11 is 1.25. The molecule has 10 heteroatoms. The molecule has 0 saturated heterocycles. The molecule has 9 nitrogen and oxygen atoms in total. The molecule has 41 heavy (non-hydrogen) atoms. The van der Waals surface area contributed by atoms with E-state index in [1.54, 1.807) is 24.7 Å². The summed E-state index contributed by atoms with van der Waals surface area (Å²) in [6, 6.07) is 12.2. The van der Waals surface area contributed by atoms with E-state index >= 15 is 0 Å². The Bertz CT molecular complexity index is 1590. The summed E-state index contributed by atoms with van der Waals surface area (Å²) in [5.74, 6) is 1.18. The van der Waals surface area contributed by atoms with Gasteiger partial charge in [-0.3, -0.25) is 9.36 Å². The molecule has 2 heterocycles. The fourth-order valence-electron chi connectivity index (χ4n) is 4.53. The molecule has 1 aromatic heterocycles. The van der Waals surface area contributed by atoms with E-state index in [1.807, 2.05) is 56.3 Å². The second-order valence-electron chi connectivity index (χ2n) is 9.32. The molecule has 0 N–H and O–H groups in total. The predicted octanol–water partition coefficient (Wildman–Crippen LogP) is 4.01. The lowest BCUT2D eigenvalue weighted by atomic mass is 9.95. The van der Waals surface area contributed by atoms with Gasteiger partial charge in [0.2, 0.25) is 0 Å². The first-order valence-electron chi connectivity index (χ1n) is 13.6. The SMILES string of the molecule is CCCOc1ccccc1[C@@H]1C(C(=O)OCCOC)=C(C)N=c2s/c(=C/c3cccc(OC)c3OCCC)c(=O)n21. The third-order valence-corrected chi connectivity index (χ3v) is 7.39. The minimum Gasteiger partial charge on any atom is -0.493 e. The molecule has 0 bridgehead atoms. The minimum absolute atomic E-state index is 0.0770. The maximum absolute atomic E-state index is 14.1. The second kappa shape index (κ2) is 14.1. The Hall–Kier alpha value is -3.89. The average molecular weight is 581 g/mol. The topological polar surface area (TPSA) is 97.6 Å². The Labute approximate surface area is 243 Å². The molecule has 4 rings (SSSR count). The summed E-state index contributed by atoms with van der Waals surface area (Å²) in [5, 5.41) is 0. The fourth-order valence-corrected chi connectivity index (χ4v) is 5.57. The number of benzene rings is 2. The molecule has 0 amide bonds. The Morgan fingerprint density at radius 3 is 2.44 bits per heavy atom. The maximum Gasteiger partial charge on any atom is 0.338 e. The Balaban J connectivity index is 1.92. The number of ether oxygens (including phenoxy) is 5. The first-order chi connectivity index (χ1) is 19.9. The van der Waals surface area contributed by atoms with Crippen LogP contribution in [0.2, 0.25) is 0 Å². The van der Waals surface area contributed by atoms with Gasteiger partial charge in [-0.05, 0) is 38.0 Å². The number of carbonyl (C=O) groups excluding carboxylic acids is 1. The zero-order valence-corrected chi connectivity index (χ0v) is 24.9. The molecule has 1 atom stereocenters. The number of methoxy groups -OCH3 is 2. The van der Waals surface area contributed by atoms with Crippen LogP contribution in [0.15, 0.2) is 63.5 Å². The van der Waals surface area contributed by atoms with Gasteiger partial charge in [0.25, 0.3) is 5.56 Å². The summed E-state index contributed by atoms with van der Waals surface area (Å²) in [5.41, 5.74) is 1.85. The number of hydrogen-bond acceptors (Lipinski definition) is 9. The third kappa shape index (κ3) is 6.55. The normalized spacial score (nSPS) is 14.9. The van der Waals surface area contributed by atoms with Crippen molar-refractivity contribution in [3.63, 3.8) is 0 Å². The largest absolute Gasteiger partial charge is 0.493 e. The molecular weight excluding hydrogens is 544 g/mol. The van der Waals surface area contributed by atoms with E-state index in [4.69, 9.17) is 23.7 Å². The van der Waals surface area contributed by atoms with E-state index in [-0.39, 0.29) is 24.3 Å². The lowest BCUT2D eigenvalue weighted by Crippen LogP contribution is -2.40. The van der Waals surface area contributed by atoms with Crippen LogP contribution < -0.4 is 29.1 Å². The Kier molecular flexibility index (Phi) is 10.4. The molecule has 0 spiro atoms. The van der Waals surface area contributed by atoms with Gasteiger partial charge in [0, 0.05) is 18.2 Å². The number of para-hydroxylation sites is 2. The molecular formula is C31H36N2O7S. The zero-order valence-electron chi connectivity index (χ0n) is 24.1. The standard InChI is InChI=1S/C31H36N2O7S/c1-6-15-38-23-13-9-8-12-22(23)27-26(30(35)40-18-17-36-4)20(3)32-31-33(27)29(34)25(41-31)19-21-11-10-14-24(37-5)28(21)39-16-7-2/h8-14,19,27H,6-7,15-18H2,1-5H3/b25-19+/t27-/m1/s1. The number of esters is 1. The molecule has 0 radical (unpaired) electrons. The van der Waals surface area contributed by atoms with E-state index in [2.05, 4.69) is 4.99 Å². The number of allylic oxidation sites excluding steroid dienone is 1. The molecule has 1 aliphatic rings. The van der Waals surface area contributed by atoms with Gasteiger partial charge in [0.15, 0.2) is 16.3 Å². The van der Waals surface area contributed by atoms with Crippen LogP contribution in [0.25, 0.3) is 6.08 Å². The van der Waals surface area contributed by atoms with Crippen molar-refractivity contribution in [1.82, 2.24) is 4.57 Å². The van der Waals surface area contributed by atoms with Crippen LogP contribution >= 0.6 is 11.3 Å². The Morgan fingerprint density at radius 1 is 0.976 bits per heavy atom. The highest BCUT2D eigenvalue weighted by atomic mass is 32.1. The van der Waals surface area contributed by atoms with Crippen molar-refractivity contribution in [2.45, 2.75) is 39.7 Å². The van der Waals surface area contributed by atoms with Gasteiger partial charge >= 0.3 is 5.97 Å². The fraction of sp³-hybridized carbons (Fsp3) is 0.387. The van der Waals surface area contributed by atoms with Crippen LogP contribution in [0.5, 0.6) is 17.2 Å². The summed E-state index contributed by atoms with van der Waals surface area (Å²) in [4.78, 5) is 32.7. The van der Waals surface area contributed by atoms with Crippen LogP contribution in [-0.2, 0) is 14.3 Å². The number of nitrogens with zero attached hydrogens (tertiary/aromatic N) is 2. The molecule has 0 saturated carbocycles. The minimum atomic E-state index is -0.794. The maximum atomic E-state index is 14.1. The quantitative estimate of drug-likeness (QED) is 0.223. The van der Waals surface area contributed by atoms with Crippen molar-refractivity contribution in [2.24, 2.45) is 4.99 Å². The highest BCUT2D eigenvalue weighted by molar-refractivity contribution is 7.07. The summed E-state index contributed by atoms with van der Waals surface area (Å²) in [7, 11) is 3.12. The molecule has 218 valence electrons. The van der Waals surface area contributed by atoms with Crippen molar-refractivity contribution in [1.29, 1.82) is 0 Å². The number of hydrogen-bond donors (Lipinski definition) is 0. The molecule has 1 aliphatic heterocycles. The van der Waals surface area contributed by atoms with Gasteiger partial charge in [-0.1, -0.05) is 55.5 Å². The predicted molar refractivity (Wildman–Crippen MR) is 158 cm³/mol. The van der Waals surface area contributed by atoms with Gasteiger partial charge < -0.3 is 23.7 Å². The Morgan fingerprint density at radius 2 is 1.71 bits per heavy atom. The van der Waals surface area contributed by atoms with E-state index in [0.29, 0.717) is 56.6 Å². The van der Waals surface area contributed by atoms with Gasteiger partial charge in [0.05, 0.1) is 42.7 Å². The average Bonchev–Trinajstić information content (AvgIpc) is 3.28. The van der Waals surface area contributed by atoms with Crippen molar-refractivity contribution in [2.75, 3.05) is 40.6 Å². The van der Waals surface area contributed by atoms with Crippen LogP contribution in [0.1, 0.15) is 50.8 Å². The summed E-state index contributed by atoms with van der Waals surface area (Å²) < 4.78 is 30.2. The van der Waals surface area contributed by atoms with E-state index < -0.39 is 12.0 Å². The smallest absolute Gasteiger partial charge is 0.338 e. The molecule has 3 aromatic rings. The van der Waals surface area contributed by atoms with Crippen molar-refractivity contribution >= 4 is 23.4 Å². The van der Waals surface area contributed by atoms with Crippen LogP contribution in [0, 0.1) is 0 Å². The third-order valence-electron chi connectivity index (χ3n) is 6.40. The van der Waals surface area contributed by atoms with E-state index in [0.717, 1.165) is 12.8 Å². The van der Waals surface area contributed by atoms with Crippen molar-refractivity contribution in [3.8, 4) is 17.2 Å². The molecule has 2 aromatic carbocycles. The van der Waals surface area contributed by atoms with Crippen molar-refractivity contribution in [3.05, 3.63) is 84.5 Å². The molecule has 0 unspecified atom stereocenters. The number of carbonyl (C=O) groups is 1. The zero-order chi connectivity index (χ0) is 29.4. The van der Waals surface area contributed by atoms with Gasteiger partial charge in [-0.2, -0.15) is 0 Å².